The van der Waals surface area contributed by atoms with Crippen molar-refractivity contribution in [2.75, 3.05) is 12.4 Å². The third-order valence-electron chi connectivity index (χ3n) is 2.35. The number of nitrogens with zero attached hydrogens (tertiary/aromatic N) is 3. The van der Waals surface area contributed by atoms with Crippen LogP contribution >= 0.6 is 0 Å². The lowest BCUT2D eigenvalue weighted by Gasteiger charge is -2.02. The number of nitrogens with one attached hydrogen (secondary N) is 1. The fourth-order valence-electron chi connectivity index (χ4n) is 1.40. The summed E-state index contributed by atoms with van der Waals surface area (Å²) in [4.78, 5) is 3.97. The van der Waals surface area contributed by atoms with Gasteiger partial charge in [-0.15, -0.1) is 0 Å². The number of aryl methyl sites for hydroxylation is 1. The molecule has 4 nitrogen and oxygen atoms in total. The Labute approximate surface area is 93.1 Å². The molecule has 0 aliphatic rings. The second kappa shape index (κ2) is 4.30. The van der Waals surface area contributed by atoms with E-state index in [4.69, 9.17) is 0 Å². The first-order valence-electron chi connectivity index (χ1n) is 5.00. The monoisotopic (exact) mass is 220 g/mol. The normalized spacial score (nSPS) is 10.4. The Kier molecular flexibility index (Phi) is 2.85. The molecule has 2 aromatic rings. The van der Waals surface area contributed by atoms with Crippen molar-refractivity contribution < 1.29 is 4.39 Å². The molecule has 0 saturated carbocycles. The molecule has 0 atom stereocenters. The second-order valence-corrected chi connectivity index (χ2v) is 3.59. The summed E-state index contributed by atoms with van der Waals surface area (Å²) in [5.74, 6) is -0.279. The van der Waals surface area contributed by atoms with Crippen molar-refractivity contribution in [1.82, 2.24) is 14.8 Å². The van der Waals surface area contributed by atoms with Gasteiger partial charge < -0.3 is 5.32 Å². The van der Waals surface area contributed by atoms with Crippen LogP contribution in [0.1, 0.15) is 11.3 Å². The second-order valence-electron chi connectivity index (χ2n) is 3.59. The Morgan fingerprint density at radius 2 is 2.25 bits per heavy atom. The van der Waals surface area contributed by atoms with Crippen LogP contribution < -0.4 is 5.32 Å². The number of hydrogen-bond acceptors (Lipinski definition) is 3. The van der Waals surface area contributed by atoms with Gasteiger partial charge in [0.2, 0.25) is 0 Å². The molecule has 0 amide bonds. The lowest BCUT2D eigenvalue weighted by molar-refractivity contribution is 0.600. The van der Waals surface area contributed by atoms with Crippen LogP contribution in [-0.4, -0.2) is 21.8 Å². The van der Waals surface area contributed by atoms with E-state index < -0.39 is 0 Å². The van der Waals surface area contributed by atoms with E-state index in [-0.39, 0.29) is 5.82 Å². The zero-order valence-electron chi connectivity index (χ0n) is 9.24. The van der Waals surface area contributed by atoms with E-state index in [1.54, 1.807) is 24.0 Å². The SMILES string of the molecule is CNc1cnn(Cc2cnc(C)c(F)c2)c1. The molecule has 0 aliphatic heterocycles. The topological polar surface area (TPSA) is 42.7 Å². The van der Waals surface area contributed by atoms with Crippen molar-refractivity contribution in [3.05, 3.63) is 41.7 Å². The molecule has 0 spiro atoms. The minimum Gasteiger partial charge on any atom is -0.386 e. The van der Waals surface area contributed by atoms with Gasteiger partial charge in [0, 0.05) is 19.4 Å². The summed E-state index contributed by atoms with van der Waals surface area (Å²) in [5, 5.41) is 7.12. The zero-order chi connectivity index (χ0) is 11.5. The van der Waals surface area contributed by atoms with Gasteiger partial charge >= 0.3 is 0 Å². The Hall–Kier alpha value is -1.91. The van der Waals surface area contributed by atoms with Crippen LogP contribution in [0.5, 0.6) is 0 Å². The maximum atomic E-state index is 13.2. The van der Waals surface area contributed by atoms with Crippen LogP contribution in [0.3, 0.4) is 0 Å². The molecule has 0 saturated heterocycles. The molecule has 2 heterocycles. The standard InChI is InChI=1S/C11H13FN4/c1-8-11(12)3-9(4-14-8)6-16-7-10(13-2)5-15-16/h3-5,7,13H,6H2,1-2H3. The van der Waals surface area contributed by atoms with Gasteiger partial charge in [-0.1, -0.05) is 0 Å². The van der Waals surface area contributed by atoms with E-state index in [1.165, 1.54) is 6.07 Å². The summed E-state index contributed by atoms with van der Waals surface area (Å²) in [6.45, 7) is 2.16. The predicted molar refractivity (Wildman–Crippen MR) is 59.8 cm³/mol. The van der Waals surface area contributed by atoms with E-state index in [0.717, 1.165) is 11.3 Å². The molecule has 5 heteroatoms. The summed E-state index contributed by atoms with van der Waals surface area (Å²) < 4.78 is 15.0. The fraction of sp³-hybridized carbons (Fsp3) is 0.273. The van der Waals surface area contributed by atoms with Gasteiger partial charge in [-0.3, -0.25) is 9.67 Å². The van der Waals surface area contributed by atoms with E-state index in [1.807, 2.05) is 13.2 Å². The molecule has 2 aromatic heterocycles. The first-order valence-corrected chi connectivity index (χ1v) is 5.00. The summed E-state index contributed by atoms with van der Waals surface area (Å²) in [7, 11) is 1.83. The average molecular weight is 220 g/mol. The van der Waals surface area contributed by atoms with Gasteiger partial charge in [-0.2, -0.15) is 5.10 Å². The van der Waals surface area contributed by atoms with Gasteiger partial charge in [-0.05, 0) is 18.6 Å². The van der Waals surface area contributed by atoms with E-state index >= 15 is 0 Å². The van der Waals surface area contributed by atoms with Gasteiger partial charge in [0.25, 0.3) is 0 Å². The van der Waals surface area contributed by atoms with Crippen molar-refractivity contribution in [2.45, 2.75) is 13.5 Å². The summed E-state index contributed by atoms with van der Waals surface area (Å²) in [5.41, 5.74) is 2.15. The lowest BCUT2D eigenvalue weighted by Crippen LogP contribution is -2.02. The fourth-order valence-corrected chi connectivity index (χ4v) is 1.40. The van der Waals surface area contributed by atoms with Crippen molar-refractivity contribution in [3.8, 4) is 0 Å². The summed E-state index contributed by atoms with van der Waals surface area (Å²) >= 11 is 0. The quantitative estimate of drug-likeness (QED) is 0.857. The molecule has 0 radical (unpaired) electrons. The zero-order valence-corrected chi connectivity index (χ0v) is 9.24. The molecular weight excluding hydrogens is 207 g/mol. The number of aromatic nitrogens is 3. The predicted octanol–water partition coefficient (Wildman–Crippen LogP) is 1.82. The molecule has 0 aliphatic carbocycles. The molecular formula is C11H13FN4. The Morgan fingerprint density at radius 1 is 1.44 bits per heavy atom. The van der Waals surface area contributed by atoms with Crippen LogP contribution in [0.2, 0.25) is 0 Å². The highest BCUT2D eigenvalue weighted by atomic mass is 19.1. The molecule has 0 aromatic carbocycles. The van der Waals surface area contributed by atoms with Gasteiger partial charge in [-0.25, -0.2) is 4.39 Å². The van der Waals surface area contributed by atoms with Crippen molar-refractivity contribution in [2.24, 2.45) is 0 Å². The van der Waals surface area contributed by atoms with Gasteiger partial charge in [0.05, 0.1) is 24.1 Å². The summed E-state index contributed by atoms with van der Waals surface area (Å²) in [6.07, 6.45) is 5.24. The smallest absolute Gasteiger partial charge is 0.144 e. The molecule has 0 unspecified atom stereocenters. The molecule has 0 fully saturated rings. The molecule has 2 rings (SSSR count). The maximum absolute atomic E-state index is 13.2. The third-order valence-corrected chi connectivity index (χ3v) is 2.35. The molecule has 1 N–H and O–H groups in total. The Bertz CT molecular complexity index is 492. The number of anilines is 1. The Balaban J connectivity index is 2.17. The largest absolute Gasteiger partial charge is 0.386 e. The lowest BCUT2D eigenvalue weighted by atomic mass is 10.2. The van der Waals surface area contributed by atoms with E-state index in [0.29, 0.717) is 12.2 Å². The maximum Gasteiger partial charge on any atom is 0.144 e. The molecule has 0 bridgehead atoms. The minimum atomic E-state index is -0.279. The van der Waals surface area contributed by atoms with Crippen LogP contribution in [0, 0.1) is 12.7 Å². The van der Waals surface area contributed by atoms with Crippen LogP contribution in [-0.2, 0) is 6.54 Å². The van der Waals surface area contributed by atoms with Crippen molar-refractivity contribution >= 4 is 5.69 Å². The number of halogens is 1. The van der Waals surface area contributed by atoms with Crippen molar-refractivity contribution in [3.63, 3.8) is 0 Å². The molecule has 16 heavy (non-hydrogen) atoms. The summed E-state index contributed by atoms with van der Waals surface area (Å²) in [6, 6.07) is 1.49. The third kappa shape index (κ3) is 2.18. The van der Waals surface area contributed by atoms with Gasteiger partial charge in [0.1, 0.15) is 5.82 Å². The van der Waals surface area contributed by atoms with Gasteiger partial charge in [0.15, 0.2) is 0 Å². The minimum absolute atomic E-state index is 0.279. The first-order chi connectivity index (χ1) is 7.69. The first kappa shape index (κ1) is 10.6. The highest BCUT2D eigenvalue weighted by Gasteiger charge is 2.02. The van der Waals surface area contributed by atoms with Crippen LogP contribution in [0.15, 0.2) is 24.7 Å². The average Bonchev–Trinajstić information content (AvgIpc) is 2.71. The highest BCUT2D eigenvalue weighted by Crippen LogP contribution is 2.09. The highest BCUT2D eigenvalue weighted by molar-refractivity contribution is 5.37. The van der Waals surface area contributed by atoms with Crippen LogP contribution in [0.4, 0.5) is 10.1 Å². The Morgan fingerprint density at radius 3 is 2.88 bits per heavy atom. The number of hydrogen-bond donors (Lipinski definition) is 1. The molecule has 84 valence electrons. The van der Waals surface area contributed by atoms with E-state index in [2.05, 4.69) is 15.4 Å². The van der Waals surface area contributed by atoms with Crippen molar-refractivity contribution in [1.29, 1.82) is 0 Å². The number of pyridine rings is 1. The van der Waals surface area contributed by atoms with E-state index in [9.17, 15) is 4.39 Å². The number of rotatable bonds is 3. The van der Waals surface area contributed by atoms with Crippen LogP contribution in [0.25, 0.3) is 0 Å².